The Morgan fingerprint density at radius 2 is 1.84 bits per heavy atom. The van der Waals surface area contributed by atoms with E-state index in [2.05, 4.69) is 37.0 Å². The number of likely N-dealkylation sites (N-methyl/N-ethyl adjacent to an activating group) is 1. The van der Waals surface area contributed by atoms with Crippen LogP contribution in [0.15, 0.2) is 60.7 Å². The molecule has 3 rings (SSSR count). The van der Waals surface area contributed by atoms with Gasteiger partial charge < -0.3 is 19.6 Å². The van der Waals surface area contributed by atoms with Gasteiger partial charge in [0.2, 0.25) is 0 Å². The van der Waals surface area contributed by atoms with Gasteiger partial charge in [0, 0.05) is 24.2 Å². The second kappa shape index (κ2) is 11.9. The van der Waals surface area contributed by atoms with Gasteiger partial charge >= 0.3 is 0 Å². The molecular weight excluding hydrogens is 392 g/mol. The van der Waals surface area contributed by atoms with Gasteiger partial charge in [0.25, 0.3) is 12.4 Å². The van der Waals surface area contributed by atoms with Gasteiger partial charge in [-0.1, -0.05) is 56.3 Å². The van der Waals surface area contributed by atoms with Crippen molar-refractivity contribution in [1.29, 1.82) is 0 Å². The SMILES string of the molecule is CC(C)C1C=CCN1C(=O)c1ccc(-c2ccccc2OCCN(C)C)cc1.O=CO. The lowest BCUT2D eigenvalue weighted by Gasteiger charge is -2.27. The van der Waals surface area contributed by atoms with Crippen molar-refractivity contribution in [2.24, 2.45) is 5.92 Å². The third kappa shape index (κ3) is 6.69. The Labute approximate surface area is 184 Å². The first kappa shape index (κ1) is 24.2. The van der Waals surface area contributed by atoms with E-state index in [0.717, 1.165) is 29.0 Å². The summed E-state index contributed by atoms with van der Waals surface area (Å²) in [4.78, 5) is 25.3. The molecule has 1 amide bonds. The predicted octanol–water partition coefficient (Wildman–Crippen LogP) is 4.03. The maximum atomic E-state index is 12.9. The van der Waals surface area contributed by atoms with Gasteiger partial charge in [-0.25, -0.2) is 0 Å². The van der Waals surface area contributed by atoms with Crippen molar-refractivity contribution in [3.05, 3.63) is 66.2 Å². The summed E-state index contributed by atoms with van der Waals surface area (Å²) in [5.74, 6) is 1.37. The average molecular weight is 425 g/mol. The molecule has 2 aromatic rings. The Hall–Kier alpha value is -3.12. The average Bonchev–Trinajstić information content (AvgIpc) is 3.24. The molecule has 166 valence electrons. The molecule has 0 aromatic heterocycles. The lowest BCUT2D eigenvalue weighted by atomic mass is 10.0. The Bertz CT molecular complexity index is 875. The number of rotatable bonds is 7. The van der Waals surface area contributed by atoms with Crippen LogP contribution in [0.2, 0.25) is 0 Å². The van der Waals surface area contributed by atoms with E-state index in [1.807, 2.05) is 61.5 Å². The summed E-state index contributed by atoms with van der Waals surface area (Å²) in [5, 5.41) is 6.89. The summed E-state index contributed by atoms with van der Waals surface area (Å²) in [6.45, 7) is 6.24. The molecule has 0 radical (unpaired) electrons. The maximum Gasteiger partial charge on any atom is 0.290 e. The highest BCUT2D eigenvalue weighted by Gasteiger charge is 2.27. The molecule has 0 saturated carbocycles. The van der Waals surface area contributed by atoms with E-state index in [-0.39, 0.29) is 18.4 Å². The standard InChI is InChI=1S/C24H30N2O2.CH2O2/c1-18(2)22-9-7-15-26(22)24(27)20-13-11-19(12-14-20)21-8-5-6-10-23(21)28-17-16-25(3)4;2-1-3/h5-14,18,22H,15-17H2,1-4H3;1H,(H,2,3). The summed E-state index contributed by atoms with van der Waals surface area (Å²) in [5.41, 5.74) is 2.82. The second-order valence-electron chi connectivity index (χ2n) is 7.95. The monoisotopic (exact) mass is 424 g/mol. The number of hydrogen-bond acceptors (Lipinski definition) is 4. The van der Waals surface area contributed by atoms with Gasteiger partial charge in [-0.3, -0.25) is 9.59 Å². The summed E-state index contributed by atoms with van der Waals surface area (Å²) in [6, 6.07) is 16.1. The summed E-state index contributed by atoms with van der Waals surface area (Å²) >= 11 is 0. The number of benzene rings is 2. The summed E-state index contributed by atoms with van der Waals surface area (Å²) < 4.78 is 5.98. The van der Waals surface area contributed by atoms with Crippen molar-refractivity contribution in [2.75, 3.05) is 33.8 Å². The largest absolute Gasteiger partial charge is 0.492 e. The van der Waals surface area contributed by atoms with Crippen LogP contribution in [-0.4, -0.2) is 67.1 Å². The highest BCUT2D eigenvalue weighted by atomic mass is 16.5. The summed E-state index contributed by atoms with van der Waals surface area (Å²) in [7, 11) is 4.06. The molecule has 2 aromatic carbocycles. The molecule has 0 spiro atoms. The molecule has 1 aliphatic heterocycles. The molecule has 0 saturated heterocycles. The third-order valence-corrected chi connectivity index (χ3v) is 5.07. The zero-order chi connectivity index (χ0) is 22.8. The fourth-order valence-electron chi connectivity index (χ4n) is 3.47. The first-order chi connectivity index (χ1) is 14.9. The molecule has 6 nitrogen and oxygen atoms in total. The Balaban J connectivity index is 0.00000107. The lowest BCUT2D eigenvalue weighted by Crippen LogP contribution is -2.38. The fraction of sp³-hybridized carbons (Fsp3) is 0.360. The van der Waals surface area contributed by atoms with Gasteiger partial charge in [0.05, 0.1) is 6.04 Å². The molecule has 6 heteroatoms. The van der Waals surface area contributed by atoms with Crippen molar-refractivity contribution in [3.63, 3.8) is 0 Å². The first-order valence-corrected chi connectivity index (χ1v) is 10.4. The Morgan fingerprint density at radius 1 is 1.19 bits per heavy atom. The number of amides is 1. The molecule has 31 heavy (non-hydrogen) atoms. The van der Waals surface area contributed by atoms with Crippen LogP contribution in [-0.2, 0) is 4.79 Å². The van der Waals surface area contributed by atoms with Gasteiger partial charge in [-0.15, -0.1) is 0 Å². The first-order valence-electron chi connectivity index (χ1n) is 10.4. The molecule has 0 bridgehead atoms. The molecular formula is C25H32N2O4. The minimum Gasteiger partial charge on any atom is -0.492 e. The van der Waals surface area contributed by atoms with Crippen LogP contribution in [0, 0.1) is 5.92 Å². The van der Waals surface area contributed by atoms with E-state index < -0.39 is 0 Å². The number of hydrogen-bond donors (Lipinski definition) is 1. The smallest absolute Gasteiger partial charge is 0.290 e. The highest BCUT2D eigenvalue weighted by Crippen LogP contribution is 2.30. The van der Waals surface area contributed by atoms with Gasteiger partial charge in [0.15, 0.2) is 0 Å². The van der Waals surface area contributed by atoms with Crippen LogP contribution in [0.25, 0.3) is 11.1 Å². The zero-order valence-electron chi connectivity index (χ0n) is 18.7. The lowest BCUT2D eigenvalue weighted by molar-refractivity contribution is -0.122. The van der Waals surface area contributed by atoms with Crippen molar-refractivity contribution >= 4 is 12.4 Å². The third-order valence-electron chi connectivity index (χ3n) is 5.07. The highest BCUT2D eigenvalue weighted by molar-refractivity contribution is 5.95. The molecule has 1 heterocycles. The predicted molar refractivity (Wildman–Crippen MR) is 123 cm³/mol. The van der Waals surface area contributed by atoms with Gasteiger partial charge in [0.1, 0.15) is 12.4 Å². The van der Waals surface area contributed by atoms with Crippen LogP contribution in [0.1, 0.15) is 24.2 Å². The zero-order valence-corrected chi connectivity index (χ0v) is 18.7. The second-order valence-corrected chi connectivity index (χ2v) is 7.95. The van der Waals surface area contributed by atoms with Gasteiger partial charge in [-0.05, 0) is 43.8 Å². The minimum atomic E-state index is -0.250. The summed E-state index contributed by atoms with van der Waals surface area (Å²) in [6.07, 6.45) is 4.22. The maximum absolute atomic E-state index is 12.9. The topological polar surface area (TPSA) is 70.1 Å². The normalized spacial score (nSPS) is 15.0. The molecule has 0 fully saturated rings. The molecule has 1 N–H and O–H groups in total. The number of nitrogens with zero attached hydrogens (tertiary/aromatic N) is 2. The van der Waals surface area contributed by atoms with Crippen molar-refractivity contribution in [1.82, 2.24) is 9.80 Å². The molecule has 1 unspecified atom stereocenters. The molecule has 0 aliphatic carbocycles. The number of carboxylic acid groups (broad SMARTS) is 1. The van der Waals surface area contributed by atoms with E-state index in [9.17, 15) is 4.79 Å². The van der Waals surface area contributed by atoms with Crippen molar-refractivity contribution in [2.45, 2.75) is 19.9 Å². The molecule has 1 aliphatic rings. The Kier molecular flexibility index (Phi) is 9.28. The number of carbonyl (C=O) groups is 2. The minimum absolute atomic E-state index is 0.0887. The van der Waals surface area contributed by atoms with Gasteiger partial charge in [-0.2, -0.15) is 0 Å². The van der Waals surface area contributed by atoms with Crippen LogP contribution in [0.3, 0.4) is 0 Å². The van der Waals surface area contributed by atoms with E-state index in [0.29, 0.717) is 19.1 Å². The van der Waals surface area contributed by atoms with Crippen molar-refractivity contribution in [3.8, 4) is 16.9 Å². The van der Waals surface area contributed by atoms with Crippen LogP contribution in [0.4, 0.5) is 0 Å². The number of carbonyl (C=O) groups excluding carboxylic acids is 1. The van der Waals surface area contributed by atoms with E-state index >= 15 is 0 Å². The fourth-order valence-corrected chi connectivity index (χ4v) is 3.47. The van der Waals surface area contributed by atoms with Crippen molar-refractivity contribution < 1.29 is 19.4 Å². The van der Waals surface area contributed by atoms with E-state index in [4.69, 9.17) is 14.6 Å². The number of para-hydroxylation sites is 1. The quantitative estimate of drug-likeness (QED) is 0.537. The molecule has 1 atom stereocenters. The van der Waals surface area contributed by atoms with E-state index in [1.54, 1.807) is 0 Å². The van der Waals surface area contributed by atoms with Crippen LogP contribution in [0.5, 0.6) is 5.75 Å². The van der Waals surface area contributed by atoms with E-state index in [1.165, 1.54) is 0 Å². The Morgan fingerprint density at radius 3 is 2.45 bits per heavy atom. The van der Waals surface area contributed by atoms with Crippen LogP contribution < -0.4 is 4.74 Å². The number of ether oxygens (including phenoxy) is 1. The van der Waals surface area contributed by atoms with Crippen LogP contribution >= 0.6 is 0 Å².